The minimum atomic E-state index is 0.104. The monoisotopic (exact) mass is 237 g/mol. The van der Waals surface area contributed by atoms with Crippen LogP contribution in [-0.4, -0.2) is 12.0 Å². The summed E-state index contributed by atoms with van der Waals surface area (Å²) in [5, 5.41) is 0. The Morgan fingerprint density at radius 1 is 0.944 bits per heavy atom. The van der Waals surface area contributed by atoms with Gasteiger partial charge in [0, 0.05) is 18.2 Å². The maximum Gasteiger partial charge on any atom is 0.168 e. The summed E-state index contributed by atoms with van der Waals surface area (Å²) in [6.45, 7) is 0.628. The van der Waals surface area contributed by atoms with Crippen molar-refractivity contribution in [3.8, 4) is 0 Å². The van der Waals surface area contributed by atoms with Gasteiger partial charge < -0.3 is 0 Å². The van der Waals surface area contributed by atoms with E-state index in [1.54, 1.807) is 6.21 Å². The summed E-state index contributed by atoms with van der Waals surface area (Å²) in [6.07, 6.45) is 2.05. The van der Waals surface area contributed by atoms with Gasteiger partial charge in [-0.3, -0.25) is 9.79 Å². The SMILES string of the molecule is O=C(CC=NCc1ccccc1)c1ccccc1. The van der Waals surface area contributed by atoms with Crippen LogP contribution < -0.4 is 0 Å². The van der Waals surface area contributed by atoms with Crippen molar-refractivity contribution in [3.63, 3.8) is 0 Å². The van der Waals surface area contributed by atoms with Crippen molar-refractivity contribution in [1.82, 2.24) is 0 Å². The predicted octanol–water partition coefficient (Wildman–Crippen LogP) is 3.53. The number of rotatable bonds is 5. The normalized spacial score (nSPS) is 10.7. The molecule has 0 atom stereocenters. The van der Waals surface area contributed by atoms with Crippen LogP contribution in [0.25, 0.3) is 0 Å². The van der Waals surface area contributed by atoms with E-state index in [0.717, 1.165) is 11.1 Å². The first-order chi connectivity index (χ1) is 8.86. The molecule has 0 aliphatic carbocycles. The van der Waals surface area contributed by atoms with Crippen molar-refractivity contribution in [2.24, 2.45) is 4.99 Å². The first-order valence-electron chi connectivity index (χ1n) is 5.97. The average Bonchev–Trinajstić information content (AvgIpc) is 2.45. The van der Waals surface area contributed by atoms with Crippen molar-refractivity contribution in [2.75, 3.05) is 0 Å². The van der Waals surface area contributed by atoms with Crippen LogP contribution >= 0.6 is 0 Å². The van der Waals surface area contributed by atoms with Gasteiger partial charge in [-0.05, 0) is 5.56 Å². The summed E-state index contributed by atoms with van der Waals surface area (Å²) in [4.78, 5) is 16.0. The maximum absolute atomic E-state index is 11.8. The molecular formula is C16H15NO. The summed E-state index contributed by atoms with van der Waals surface area (Å²) >= 11 is 0. The Morgan fingerprint density at radius 2 is 1.56 bits per heavy atom. The molecular weight excluding hydrogens is 222 g/mol. The summed E-state index contributed by atoms with van der Waals surface area (Å²) < 4.78 is 0. The molecule has 0 unspecified atom stereocenters. The highest BCUT2D eigenvalue weighted by molar-refractivity contribution is 6.03. The molecule has 0 aliphatic rings. The second-order valence-corrected chi connectivity index (χ2v) is 4.00. The van der Waals surface area contributed by atoms with Gasteiger partial charge in [0.15, 0.2) is 5.78 Å². The fraction of sp³-hybridized carbons (Fsp3) is 0.125. The zero-order valence-electron chi connectivity index (χ0n) is 10.1. The van der Waals surface area contributed by atoms with Crippen molar-refractivity contribution < 1.29 is 4.79 Å². The molecule has 2 rings (SSSR count). The van der Waals surface area contributed by atoms with E-state index in [1.165, 1.54) is 0 Å². The highest BCUT2D eigenvalue weighted by Crippen LogP contribution is 2.03. The van der Waals surface area contributed by atoms with Crippen LogP contribution in [0.2, 0.25) is 0 Å². The lowest BCUT2D eigenvalue weighted by Gasteiger charge is -1.97. The number of carbonyl (C=O) groups excluding carboxylic acids is 1. The van der Waals surface area contributed by atoms with Gasteiger partial charge in [-0.15, -0.1) is 0 Å². The number of ketones is 1. The average molecular weight is 237 g/mol. The Morgan fingerprint density at radius 3 is 2.22 bits per heavy atom. The van der Waals surface area contributed by atoms with Crippen LogP contribution in [0.15, 0.2) is 65.7 Å². The lowest BCUT2D eigenvalue weighted by Crippen LogP contribution is -1.99. The van der Waals surface area contributed by atoms with Gasteiger partial charge in [0.2, 0.25) is 0 Å². The second-order valence-electron chi connectivity index (χ2n) is 4.00. The minimum absolute atomic E-state index is 0.104. The van der Waals surface area contributed by atoms with Crippen LogP contribution in [-0.2, 0) is 6.54 Å². The number of hydrogen-bond acceptors (Lipinski definition) is 2. The van der Waals surface area contributed by atoms with E-state index >= 15 is 0 Å². The standard InChI is InChI=1S/C16H15NO/c18-16(15-9-5-2-6-10-15)11-12-17-13-14-7-3-1-4-8-14/h1-10,12H,11,13H2. The van der Waals surface area contributed by atoms with Gasteiger partial charge in [0.1, 0.15) is 0 Å². The zero-order valence-corrected chi connectivity index (χ0v) is 10.1. The fourth-order valence-corrected chi connectivity index (χ4v) is 1.64. The lowest BCUT2D eigenvalue weighted by molar-refractivity contribution is 0.100. The number of benzene rings is 2. The van der Waals surface area contributed by atoms with Crippen LogP contribution in [0.3, 0.4) is 0 Å². The third-order valence-electron chi connectivity index (χ3n) is 2.62. The molecule has 0 fully saturated rings. The zero-order chi connectivity index (χ0) is 12.6. The van der Waals surface area contributed by atoms with Gasteiger partial charge in [-0.2, -0.15) is 0 Å². The number of Topliss-reactive ketones (excluding diaryl/α,β-unsaturated/α-hetero) is 1. The molecule has 90 valence electrons. The fourth-order valence-electron chi connectivity index (χ4n) is 1.64. The molecule has 0 radical (unpaired) electrons. The van der Waals surface area contributed by atoms with Gasteiger partial charge in [-0.1, -0.05) is 60.7 Å². The summed E-state index contributed by atoms with van der Waals surface area (Å²) in [7, 11) is 0. The first kappa shape index (κ1) is 12.2. The molecule has 0 saturated carbocycles. The van der Waals surface area contributed by atoms with Crippen molar-refractivity contribution in [2.45, 2.75) is 13.0 Å². The van der Waals surface area contributed by atoms with Crippen LogP contribution in [0.1, 0.15) is 22.3 Å². The molecule has 0 aliphatic heterocycles. The van der Waals surface area contributed by atoms with E-state index in [-0.39, 0.29) is 5.78 Å². The van der Waals surface area contributed by atoms with E-state index in [0.29, 0.717) is 13.0 Å². The number of hydrogen-bond donors (Lipinski definition) is 0. The first-order valence-corrected chi connectivity index (χ1v) is 5.97. The third-order valence-corrected chi connectivity index (χ3v) is 2.62. The molecule has 0 bridgehead atoms. The smallest absolute Gasteiger partial charge is 0.168 e. The number of carbonyl (C=O) groups is 1. The Labute approximate surface area is 107 Å². The van der Waals surface area contributed by atoms with Crippen molar-refractivity contribution >= 4 is 12.0 Å². The molecule has 0 amide bonds. The van der Waals surface area contributed by atoms with Gasteiger partial charge >= 0.3 is 0 Å². The molecule has 2 aromatic rings. The number of nitrogens with zero attached hydrogens (tertiary/aromatic N) is 1. The highest BCUT2D eigenvalue weighted by atomic mass is 16.1. The quantitative estimate of drug-likeness (QED) is 0.577. The molecule has 0 N–H and O–H groups in total. The van der Waals surface area contributed by atoms with E-state index in [1.807, 2.05) is 60.7 Å². The number of aliphatic imine (C=N–C) groups is 1. The molecule has 0 heterocycles. The molecule has 2 aromatic carbocycles. The highest BCUT2D eigenvalue weighted by Gasteiger charge is 2.01. The Bertz CT molecular complexity index is 517. The summed E-state index contributed by atoms with van der Waals surface area (Å²) in [5.74, 6) is 0.104. The molecule has 2 nitrogen and oxygen atoms in total. The lowest BCUT2D eigenvalue weighted by atomic mass is 10.1. The molecule has 0 saturated heterocycles. The largest absolute Gasteiger partial charge is 0.294 e. The van der Waals surface area contributed by atoms with Gasteiger partial charge in [0.05, 0.1) is 6.54 Å². The Balaban J connectivity index is 1.83. The van der Waals surface area contributed by atoms with E-state index < -0.39 is 0 Å². The summed E-state index contributed by atoms with van der Waals surface area (Å²) in [6, 6.07) is 19.3. The Kier molecular flexibility index (Phi) is 4.42. The van der Waals surface area contributed by atoms with Crippen LogP contribution in [0.5, 0.6) is 0 Å². The third kappa shape index (κ3) is 3.67. The molecule has 18 heavy (non-hydrogen) atoms. The van der Waals surface area contributed by atoms with E-state index in [2.05, 4.69) is 4.99 Å². The molecule has 0 spiro atoms. The Hall–Kier alpha value is -2.22. The van der Waals surface area contributed by atoms with Gasteiger partial charge in [-0.25, -0.2) is 0 Å². The van der Waals surface area contributed by atoms with Crippen molar-refractivity contribution in [1.29, 1.82) is 0 Å². The molecule has 0 aromatic heterocycles. The van der Waals surface area contributed by atoms with Crippen LogP contribution in [0.4, 0.5) is 0 Å². The van der Waals surface area contributed by atoms with E-state index in [4.69, 9.17) is 0 Å². The summed E-state index contributed by atoms with van der Waals surface area (Å²) in [5.41, 5.74) is 1.89. The van der Waals surface area contributed by atoms with E-state index in [9.17, 15) is 4.79 Å². The topological polar surface area (TPSA) is 29.4 Å². The second kappa shape index (κ2) is 6.50. The van der Waals surface area contributed by atoms with Gasteiger partial charge in [0.25, 0.3) is 0 Å². The maximum atomic E-state index is 11.8. The van der Waals surface area contributed by atoms with Crippen LogP contribution in [0, 0.1) is 0 Å². The predicted molar refractivity (Wildman–Crippen MR) is 74.0 cm³/mol. The molecule has 2 heteroatoms. The van der Waals surface area contributed by atoms with Crippen molar-refractivity contribution in [3.05, 3.63) is 71.8 Å². The minimum Gasteiger partial charge on any atom is -0.294 e.